The van der Waals surface area contributed by atoms with Gasteiger partial charge in [-0.05, 0) is 38.0 Å². The van der Waals surface area contributed by atoms with E-state index in [2.05, 4.69) is 10.1 Å². The van der Waals surface area contributed by atoms with E-state index in [9.17, 15) is 5.11 Å². The first-order chi connectivity index (χ1) is 10.1. The van der Waals surface area contributed by atoms with E-state index in [1.54, 1.807) is 12.1 Å². The summed E-state index contributed by atoms with van der Waals surface area (Å²) in [6.45, 7) is 6.59. The Bertz CT molecular complexity index is 609. The first kappa shape index (κ1) is 15.8. The Morgan fingerprint density at radius 3 is 2.57 bits per heavy atom. The Morgan fingerprint density at radius 2 is 2.00 bits per heavy atom. The normalized spacial score (nSPS) is 11.8. The average Bonchev–Trinajstić information content (AvgIpc) is 2.98. The van der Waals surface area contributed by atoms with Crippen molar-refractivity contribution in [2.24, 2.45) is 0 Å². The Morgan fingerprint density at radius 1 is 1.29 bits per heavy atom. The molecule has 5 nitrogen and oxygen atoms in total. The minimum atomic E-state index is -0.531. The lowest BCUT2D eigenvalue weighted by Crippen LogP contribution is -2.29. The van der Waals surface area contributed by atoms with Gasteiger partial charge in [0.2, 0.25) is 5.82 Å². The molecular formula is C15H19ClN2O3. The summed E-state index contributed by atoms with van der Waals surface area (Å²) in [4.78, 5) is 4.44. The third-order valence-corrected chi connectivity index (χ3v) is 3.89. The Hall–Kier alpha value is -1.59. The monoisotopic (exact) mass is 310 g/mol. The van der Waals surface area contributed by atoms with Crippen molar-refractivity contribution in [2.75, 3.05) is 6.61 Å². The fourth-order valence-electron chi connectivity index (χ4n) is 2.28. The number of rotatable bonds is 6. The number of halogens is 1. The molecule has 21 heavy (non-hydrogen) atoms. The molecule has 1 heterocycles. The standard InChI is InChI=1S/C15H19ClN2O3/c1-4-15(5-2,20-6-3)14-17-13(21-18-14)10-7-8-12(19)11(16)9-10/h7-9,19H,4-6H2,1-3H3. The van der Waals surface area contributed by atoms with Crippen molar-refractivity contribution in [3.05, 3.63) is 29.0 Å². The molecule has 0 saturated heterocycles. The van der Waals surface area contributed by atoms with E-state index in [1.807, 2.05) is 20.8 Å². The van der Waals surface area contributed by atoms with Crippen molar-refractivity contribution >= 4 is 11.6 Å². The van der Waals surface area contributed by atoms with Gasteiger partial charge in [-0.3, -0.25) is 0 Å². The van der Waals surface area contributed by atoms with Gasteiger partial charge in [-0.15, -0.1) is 0 Å². The lowest BCUT2D eigenvalue weighted by molar-refractivity contribution is -0.0583. The summed E-state index contributed by atoms with van der Waals surface area (Å²) in [5, 5.41) is 13.8. The summed E-state index contributed by atoms with van der Waals surface area (Å²) in [5.74, 6) is 0.914. The summed E-state index contributed by atoms with van der Waals surface area (Å²) in [5.41, 5.74) is 0.131. The number of phenolic OH excluding ortho intramolecular Hbond substituents is 1. The van der Waals surface area contributed by atoms with Crippen molar-refractivity contribution < 1.29 is 14.4 Å². The summed E-state index contributed by atoms with van der Waals surface area (Å²) in [6, 6.07) is 4.77. The van der Waals surface area contributed by atoms with Gasteiger partial charge in [0.05, 0.1) is 5.02 Å². The second-order valence-corrected chi connectivity index (χ2v) is 5.13. The SMILES string of the molecule is CCOC(CC)(CC)c1noc(-c2ccc(O)c(Cl)c2)n1. The zero-order valence-electron chi connectivity index (χ0n) is 12.4. The van der Waals surface area contributed by atoms with E-state index in [1.165, 1.54) is 6.07 Å². The van der Waals surface area contributed by atoms with Crippen LogP contribution in [0, 0.1) is 0 Å². The first-order valence-corrected chi connectivity index (χ1v) is 7.41. The molecule has 0 atom stereocenters. The quantitative estimate of drug-likeness (QED) is 0.868. The van der Waals surface area contributed by atoms with Gasteiger partial charge in [-0.2, -0.15) is 4.98 Å². The average molecular weight is 311 g/mol. The van der Waals surface area contributed by atoms with Gasteiger partial charge in [-0.1, -0.05) is 30.6 Å². The number of ether oxygens (including phenoxy) is 1. The molecule has 6 heteroatoms. The molecular weight excluding hydrogens is 292 g/mol. The van der Waals surface area contributed by atoms with E-state index in [0.717, 1.165) is 12.8 Å². The van der Waals surface area contributed by atoms with Gasteiger partial charge in [-0.25, -0.2) is 0 Å². The maximum absolute atomic E-state index is 9.45. The van der Waals surface area contributed by atoms with Crippen LogP contribution < -0.4 is 0 Å². The van der Waals surface area contributed by atoms with E-state index in [0.29, 0.717) is 23.9 Å². The fraction of sp³-hybridized carbons (Fsp3) is 0.467. The predicted octanol–water partition coefficient (Wildman–Crippen LogP) is 4.15. The highest BCUT2D eigenvalue weighted by atomic mass is 35.5. The third kappa shape index (κ3) is 3.04. The van der Waals surface area contributed by atoms with Crippen LogP contribution in [0.2, 0.25) is 5.02 Å². The second kappa shape index (κ2) is 6.45. The Balaban J connectivity index is 2.38. The minimum Gasteiger partial charge on any atom is -0.506 e. The molecule has 1 aromatic carbocycles. The van der Waals surface area contributed by atoms with Gasteiger partial charge in [0.15, 0.2) is 0 Å². The van der Waals surface area contributed by atoms with Crippen molar-refractivity contribution in [2.45, 2.75) is 39.2 Å². The summed E-state index contributed by atoms with van der Waals surface area (Å²) in [7, 11) is 0. The number of benzene rings is 1. The molecule has 0 radical (unpaired) electrons. The third-order valence-electron chi connectivity index (χ3n) is 3.59. The van der Waals surface area contributed by atoms with Crippen molar-refractivity contribution in [1.29, 1.82) is 0 Å². The lowest BCUT2D eigenvalue weighted by atomic mass is 9.96. The molecule has 0 aliphatic heterocycles. The molecule has 0 bridgehead atoms. The highest BCUT2D eigenvalue weighted by Crippen LogP contribution is 2.33. The number of aromatic nitrogens is 2. The Labute approximate surface area is 128 Å². The number of hydrogen-bond donors (Lipinski definition) is 1. The van der Waals surface area contributed by atoms with Crippen LogP contribution in [-0.2, 0) is 10.3 Å². The van der Waals surface area contributed by atoms with E-state index in [-0.39, 0.29) is 10.8 Å². The molecule has 114 valence electrons. The molecule has 2 aromatic rings. The van der Waals surface area contributed by atoms with Crippen LogP contribution >= 0.6 is 11.6 Å². The zero-order chi connectivity index (χ0) is 15.5. The van der Waals surface area contributed by atoms with Gasteiger partial charge in [0.25, 0.3) is 5.89 Å². The number of phenols is 1. The van der Waals surface area contributed by atoms with E-state index >= 15 is 0 Å². The van der Waals surface area contributed by atoms with E-state index in [4.69, 9.17) is 20.9 Å². The number of hydrogen-bond acceptors (Lipinski definition) is 5. The maximum Gasteiger partial charge on any atom is 0.258 e. The highest BCUT2D eigenvalue weighted by molar-refractivity contribution is 6.32. The molecule has 2 rings (SSSR count). The predicted molar refractivity (Wildman–Crippen MR) is 80.3 cm³/mol. The lowest BCUT2D eigenvalue weighted by Gasteiger charge is -2.27. The van der Waals surface area contributed by atoms with Crippen LogP contribution in [0.4, 0.5) is 0 Å². The van der Waals surface area contributed by atoms with Crippen molar-refractivity contribution in [3.63, 3.8) is 0 Å². The van der Waals surface area contributed by atoms with Crippen LogP contribution in [-0.4, -0.2) is 21.9 Å². The molecule has 0 spiro atoms. The number of aromatic hydroxyl groups is 1. The van der Waals surface area contributed by atoms with Crippen LogP contribution in [0.25, 0.3) is 11.5 Å². The van der Waals surface area contributed by atoms with Gasteiger partial charge in [0, 0.05) is 12.2 Å². The van der Waals surface area contributed by atoms with Gasteiger partial charge in [0.1, 0.15) is 11.4 Å². The smallest absolute Gasteiger partial charge is 0.258 e. The largest absolute Gasteiger partial charge is 0.506 e. The molecule has 1 N–H and O–H groups in total. The summed E-state index contributed by atoms with van der Waals surface area (Å²) < 4.78 is 11.2. The van der Waals surface area contributed by atoms with Crippen LogP contribution in [0.1, 0.15) is 39.4 Å². The minimum absolute atomic E-state index is 0.0194. The Kier molecular flexibility index (Phi) is 4.85. The summed E-state index contributed by atoms with van der Waals surface area (Å²) in [6.07, 6.45) is 1.51. The van der Waals surface area contributed by atoms with Crippen molar-refractivity contribution in [3.8, 4) is 17.2 Å². The van der Waals surface area contributed by atoms with Gasteiger partial charge >= 0.3 is 0 Å². The first-order valence-electron chi connectivity index (χ1n) is 7.03. The fourth-order valence-corrected chi connectivity index (χ4v) is 2.46. The molecule has 0 unspecified atom stereocenters. The van der Waals surface area contributed by atoms with Crippen LogP contribution in [0.5, 0.6) is 5.75 Å². The number of nitrogens with zero attached hydrogens (tertiary/aromatic N) is 2. The van der Waals surface area contributed by atoms with Crippen LogP contribution in [0.3, 0.4) is 0 Å². The van der Waals surface area contributed by atoms with Crippen molar-refractivity contribution in [1.82, 2.24) is 10.1 Å². The molecule has 0 aliphatic rings. The maximum atomic E-state index is 9.45. The second-order valence-electron chi connectivity index (χ2n) is 4.72. The molecule has 0 fully saturated rings. The molecule has 1 aromatic heterocycles. The van der Waals surface area contributed by atoms with Crippen LogP contribution in [0.15, 0.2) is 22.7 Å². The molecule has 0 saturated carbocycles. The van der Waals surface area contributed by atoms with E-state index < -0.39 is 5.60 Å². The molecule has 0 amide bonds. The van der Waals surface area contributed by atoms with Gasteiger partial charge < -0.3 is 14.4 Å². The topological polar surface area (TPSA) is 68.4 Å². The highest BCUT2D eigenvalue weighted by Gasteiger charge is 2.34. The summed E-state index contributed by atoms with van der Waals surface area (Å²) >= 11 is 5.90. The molecule has 0 aliphatic carbocycles. The zero-order valence-corrected chi connectivity index (χ0v) is 13.1.